The monoisotopic (exact) mass is 597 g/mol. The molecular formula is C36H39NO7. The number of amides is 1. The minimum absolute atomic E-state index is 0.00460. The van der Waals surface area contributed by atoms with Crippen LogP contribution in [0.4, 0.5) is 5.69 Å². The van der Waals surface area contributed by atoms with E-state index in [2.05, 4.69) is 13.8 Å². The second-order valence-corrected chi connectivity index (χ2v) is 11.7. The predicted molar refractivity (Wildman–Crippen MR) is 170 cm³/mol. The molecule has 1 atom stereocenters. The van der Waals surface area contributed by atoms with E-state index in [1.54, 1.807) is 49.6 Å². The van der Waals surface area contributed by atoms with Gasteiger partial charge in [-0.15, -0.1) is 0 Å². The van der Waals surface area contributed by atoms with Crippen molar-refractivity contribution in [1.82, 2.24) is 0 Å². The number of esters is 1. The zero-order chi connectivity index (χ0) is 31.5. The van der Waals surface area contributed by atoms with Gasteiger partial charge in [0.25, 0.3) is 5.91 Å². The first-order valence-electron chi connectivity index (χ1n) is 15.1. The zero-order valence-electron chi connectivity index (χ0n) is 26.2. The van der Waals surface area contributed by atoms with Crippen LogP contribution in [0.15, 0.2) is 63.8 Å². The second-order valence-electron chi connectivity index (χ2n) is 11.7. The van der Waals surface area contributed by atoms with Gasteiger partial charge in [-0.1, -0.05) is 33.3 Å². The molecule has 0 saturated heterocycles. The maximum Gasteiger partial charge on any atom is 0.338 e. The van der Waals surface area contributed by atoms with E-state index >= 15 is 0 Å². The Balaban J connectivity index is 1.62. The molecule has 0 bridgehead atoms. The lowest BCUT2D eigenvalue weighted by molar-refractivity contribution is 0.0499. The Hall–Kier alpha value is -4.59. The summed E-state index contributed by atoms with van der Waals surface area (Å²) in [5.41, 5.74) is 3.80. The smallest absolute Gasteiger partial charge is 0.338 e. The fraction of sp³-hybridized carbons (Fsp3) is 0.361. The minimum Gasteiger partial charge on any atom is -0.493 e. The fourth-order valence-corrected chi connectivity index (χ4v) is 5.34. The summed E-state index contributed by atoms with van der Waals surface area (Å²) in [7, 11) is 1.56. The first-order chi connectivity index (χ1) is 21.1. The third-order valence-corrected chi connectivity index (χ3v) is 8.05. The number of hydrogen-bond acceptors (Lipinski definition) is 7. The van der Waals surface area contributed by atoms with Gasteiger partial charge in [-0.3, -0.25) is 14.5 Å². The van der Waals surface area contributed by atoms with Crippen LogP contribution in [0.2, 0.25) is 0 Å². The molecule has 5 rings (SSSR count). The number of carbonyl (C=O) groups excluding carboxylic acids is 2. The van der Waals surface area contributed by atoms with E-state index in [9.17, 15) is 14.4 Å². The maximum absolute atomic E-state index is 14.1. The Morgan fingerprint density at radius 2 is 1.68 bits per heavy atom. The maximum atomic E-state index is 14.1. The lowest BCUT2D eigenvalue weighted by Gasteiger charge is -2.26. The highest BCUT2D eigenvalue weighted by atomic mass is 16.5. The number of fused-ring (bicyclic) bond motifs is 2. The fourth-order valence-electron chi connectivity index (χ4n) is 5.34. The molecule has 1 aromatic heterocycles. The summed E-state index contributed by atoms with van der Waals surface area (Å²) in [6.07, 6.45) is 2.59. The Morgan fingerprint density at radius 3 is 2.36 bits per heavy atom. The van der Waals surface area contributed by atoms with Crippen LogP contribution in [0.5, 0.6) is 11.5 Å². The summed E-state index contributed by atoms with van der Waals surface area (Å²) >= 11 is 0. The molecule has 3 aromatic carbocycles. The van der Waals surface area contributed by atoms with Gasteiger partial charge in [0.05, 0.1) is 42.9 Å². The number of anilines is 1. The summed E-state index contributed by atoms with van der Waals surface area (Å²) in [6, 6.07) is 14.9. The van der Waals surface area contributed by atoms with Crippen LogP contribution < -0.4 is 19.8 Å². The molecular weight excluding hydrogens is 558 g/mol. The van der Waals surface area contributed by atoms with Crippen LogP contribution in [0.25, 0.3) is 11.0 Å². The third kappa shape index (κ3) is 5.94. The number of nitrogens with zero attached hydrogens (tertiary/aromatic N) is 1. The number of carbonyl (C=O) groups is 2. The van der Waals surface area contributed by atoms with Crippen LogP contribution in [-0.2, 0) is 4.74 Å². The molecule has 0 fully saturated rings. The number of ether oxygens (including phenoxy) is 3. The van der Waals surface area contributed by atoms with Crippen LogP contribution >= 0.6 is 0 Å². The molecule has 230 valence electrons. The summed E-state index contributed by atoms with van der Waals surface area (Å²) in [5.74, 6) is 0.682. The van der Waals surface area contributed by atoms with Crippen molar-refractivity contribution in [3.05, 3.63) is 98.4 Å². The second kappa shape index (κ2) is 13.0. The summed E-state index contributed by atoms with van der Waals surface area (Å²) < 4.78 is 23.2. The molecule has 1 amide bonds. The van der Waals surface area contributed by atoms with Crippen molar-refractivity contribution in [3.8, 4) is 11.5 Å². The van der Waals surface area contributed by atoms with Crippen molar-refractivity contribution in [2.75, 3.05) is 25.2 Å². The van der Waals surface area contributed by atoms with Gasteiger partial charge < -0.3 is 18.6 Å². The molecule has 0 radical (unpaired) electrons. The van der Waals surface area contributed by atoms with E-state index < -0.39 is 17.9 Å². The molecule has 8 nitrogen and oxygen atoms in total. The van der Waals surface area contributed by atoms with Gasteiger partial charge in [0.2, 0.25) is 5.76 Å². The van der Waals surface area contributed by atoms with Crippen molar-refractivity contribution in [3.63, 3.8) is 0 Å². The first kappa shape index (κ1) is 30.9. The quantitative estimate of drug-likeness (QED) is 0.130. The number of unbranched alkanes of at least 4 members (excludes halogenated alkanes) is 1. The number of aryl methyl sites for hydroxylation is 2. The molecule has 1 unspecified atom stereocenters. The van der Waals surface area contributed by atoms with Gasteiger partial charge in [0.15, 0.2) is 16.9 Å². The van der Waals surface area contributed by atoms with Gasteiger partial charge in [-0.05, 0) is 97.8 Å². The van der Waals surface area contributed by atoms with E-state index in [0.717, 1.165) is 30.4 Å². The first-order valence-corrected chi connectivity index (χ1v) is 15.1. The van der Waals surface area contributed by atoms with Crippen molar-refractivity contribution in [2.24, 2.45) is 5.92 Å². The molecule has 1 aliphatic rings. The highest BCUT2D eigenvalue weighted by Crippen LogP contribution is 2.43. The highest BCUT2D eigenvalue weighted by molar-refractivity contribution is 6.11. The molecule has 44 heavy (non-hydrogen) atoms. The summed E-state index contributed by atoms with van der Waals surface area (Å²) in [6.45, 7) is 11.0. The Kier molecular flexibility index (Phi) is 9.09. The van der Waals surface area contributed by atoms with Crippen LogP contribution in [0.1, 0.15) is 89.2 Å². The van der Waals surface area contributed by atoms with Gasteiger partial charge >= 0.3 is 5.97 Å². The average molecular weight is 598 g/mol. The van der Waals surface area contributed by atoms with Crippen LogP contribution in [-0.4, -0.2) is 32.2 Å². The van der Waals surface area contributed by atoms with E-state index in [1.807, 2.05) is 32.9 Å². The van der Waals surface area contributed by atoms with Crippen LogP contribution in [0.3, 0.4) is 0 Å². The average Bonchev–Trinajstić information content (AvgIpc) is 3.30. The Bertz CT molecular complexity index is 1750. The number of benzene rings is 3. The Morgan fingerprint density at radius 1 is 0.955 bits per heavy atom. The highest BCUT2D eigenvalue weighted by Gasteiger charge is 2.44. The minimum atomic E-state index is -0.805. The molecule has 0 spiro atoms. The number of rotatable bonds is 11. The van der Waals surface area contributed by atoms with E-state index in [1.165, 1.54) is 4.90 Å². The van der Waals surface area contributed by atoms with Crippen molar-refractivity contribution >= 4 is 28.5 Å². The topological polar surface area (TPSA) is 95.3 Å². The SMILES string of the molecule is CCCCOC(=O)c1ccc(N2C(=O)c3oc4cc(C)c(C)cc4c(=O)c3C2c2ccc(OCCC(C)C)c(OC)c2)cc1. The Labute approximate surface area is 257 Å². The predicted octanol–water partition coefficient (Wildman–Crippen LogP) is 7.55. The lowest BCUT2D eigenvalue weighted by atomic mass is 9.96. The summed E-state index contributed by atoms with van der Waals surface area (Å²) in [5, 5.41) is 0.414. The zero-order valence-corrected chi connectivity index (χ0v) is 26.2. The molecule has 8 heteroatoms. The standard InChI is InChI=1S/C36H39NO7/c1-7-8-16-43-36(40)24-9-12-26(13-10-24)37-32(25-11-14-28(30(20-25)41-6)42-17-15-21(2)3)31-33(38)27-18-22(4)23(5)19-29(27)44-34(31)35(37)39/h9-14,18-21,32H,7-8,15-17H2,1-6H3. The van der Waals surface area contributed by atoms with Gasteiger partial charge in [-0.2, -0.15) is 0 Å². The molecule has 0 aliphatic carbocycles. The van der Waals surface area contributed by atoms with Gasteiger partial charge in [0, 0.05) is 5.69 Å². The number of hydrogen-bond donors (Lipinski definition) is 0. The molecule has 2 heterocycles. The molecule has 1 aliphatic heterocycles. The van der Waals surface area contributed by atoms with Gasteiger partial charge in [0.1, 0.15) is 5.58 Å². The van der Waals surface area contributed by atoms with Crippen molar-refractivity contribution < 1.29 is 28.2 Å². The normalized spacial score (nSPS) is 14.3. The van der Waals surface area contributed by atoms with Crippen molar-refractivity contribution in [1.29, 1.82) is 0 Å². The van der Waals surface area contributed by atoms with Crippen LogP contribution in [0, 0.1) is 19.8 Å². The van der Waals surface area contributed by atoms with E-state index in [4.69, 9.17) is 18.6 Å². The largest absolute Gasteiger partial charge is 0.493 e. The van der Waals surface area contributed by atoms with E-state index in [0.29, 0.717) is 58.4 Å². The number of methoxy groups -OCH3 is 1. The molecule has 0 saturated carbocycles. The van der Waals surface area contributed by atoms with Gasteiger partial charge in [-0.25, -0.2) is 4.79 Å². The van der Waals surface area contributed by atoms with E-state index in [-0.39, 0.29) is 16.8 Å². The lowest BCUT2D eigenvalue weighted by Crippen LogP contribution is -2.29. The molecule has 4 aromatic rings. The third-order valence-electron chi connectivity index (χ3n) is 8.05. The van der Waals surface area contributed by atoms with Crippen molar-refractivity contribution in [2.45, 2.75) is 59.9 Å². The summed E-state index contributed by atoms with van der Waals surface area (Å²) in [4.78, 5) is 42.3. The molecule has 0 N–H and O–H groups in total.